The summed E-state index contributed by atoms with van der Waals surface area (Å²) in [6.07, 6.45) is 1.58. The maximum absolute atomic E-state index is 10.4. The van der Waals surface area contributed by atoms with E-state index >= 15 is 0 Å². The molecule has 0 aromatic heterocycles. The van der Waals surface area contributed by atoms with Crippen LogP contribution in [0, 0.1) is 0 Å². The quantitative estimate of drug-likeness (QED) is 0.876. The number of benzene rings is 2. The van der Waals surface area contributed by atoms with Crippen LogP contribution in [0.15, 0.2) is 18.2 Å². The van der Waals surface area contributed by atoms with Crippen molar-refractivity contribution < 1.29 is 28.8 Å². The van der Waals surface area contributed by atoms with Gasteiger partial charge >= 0.3 is 0 Å². The number of phenolic OH excluding ortho intramolecular Hbond substituents is 1. The molecule has 6 nitrogen and oxygen atoms in total. The fraction of sp³-hybridized carbons (Fsp3) is 0.500. The minimum absolute atomic E-state index is 0.0473. The Hall–Kier alpha value is -2.18. The van der Waals surface area contributed by atoms with E-state index < -0.39 is 5.79 Å². The molecule has 1 saturated heterocycles. The first-order valence-corrected chi connectivity index (χ1v) is 8.65. The van der Waals surface area contributed by atoms with Crippen molar-refractivity contribution in [2.75, 3.05) is 27.9 Å². The lowest BCUT2D eigenvalue weighted by Crippen LogP contribution is -2.40. The van der Waals surface area contributed by atoms with E-state index in [4.69, 9.17) is 23.7 Å². The zero-order valence-electron chi connectivity index (χ0n) is 15.9. The molecule has 1 heterocycles. The first-order valence-electron chi connectivity index (χ1n) is 8.65. The minimum atomic E-state index is -0.580. The summed E-state index contributed by atoms with van der Waals surface area (Å²) < 4.78 is 28.1. The van der Waals surface area contributed by atoms with Gasteiger partial charge < -0.3 is 28.8 Å². The van der Waals surface area contributed by atoms with Gasteiger partial charge in [0.1, 0.15) is 11.5 Å². The van der Waals surface area contributed by atoms with Gasteiger partial charge in [-0.15, -0.1) is 0 Å². The molecule has 0 radical (unpaired) electrons. The number of hydrogen-bond acceptors (Lipinski definition) is 6. The van der Waals surface area contributed by atoms with Crippen molar-refractivity contribution in [3.05, 3.63) is 23.8 Å². The van der Waals surface area contributed by atoms with E-state index in [0.717, 1.165) is 17.4 Å². The third-order valence-corrected chi connectivity index (χ3v) is 4.60. The molecule has 0 amide bonds. The van der Waals surface area contributed by atoms with Crippen molar-refractivity contribution >= 4 is 10.8 Å². The second-order valence-electron chi connectivity index (χ2n) is 6.83. The van der Waals surface area contributed by atoms with Crippen molar-refractivity contribution in [3.63, 3.8) is 0 Å². The molecule has 1 fully saturated rings. The molecular formula is C20H26O6. The highest BCUT2D eigenvalue weighted by Gasteiger charge is 2.29. The van der Waals surface area contributed by atoms with Crippen LogP contribution in [0.25, 0.3) is 10.8 Å². The SMILES string of the molecule is COc1cc(O)c2c(OC)cc(C[C@@H]3CCOC(C)(C)O3)cc2c1OC. The highest BCUT2D eigenvalue weighted by atomic mass is 16.7. The van der Waals surface area contributed by atoms with Crippen LogP contribution in [0.1, 0.15) is 25.8 Å². The number of aromatic hydroxyl groups is 1. The van der Waals surface area contributed by atoms with Crippen molar-refractivity contribution in [1.29, 1.82) is 0 Å². The molecule has 0 saturated carbocycles. The van der Waals surface area contributed by atoms with Crippen LogP contribution in [-0.2, 0) is 15.9 Å². The maximum atomic E-state index is 10.4. The van der Waals surface area contributed by atoms with Crippen LogP contribution < -0.4 is 14.2 Å². The van der Waals surface area contributed by atoms with Crippen LogP contribution >= 0.6 is 0 Å². The lowest BCUT2D eigenvalue weighted by molar-refractivity contribution is -0.272. The maximum Gasteiger partial charge on any atom is 0.168 e. The van der Waals surface area contributed by atoms with Crippen molar-refractivity contribution in [1.82, 2.24) is 0 Å². The Morgan fingerprint density at radius 1 is 1.08 bits per heavy atom. The topological polar surface area (TPSA) is 66.4 Å². The summed E-state index contributed by atoms with van der Waals surface area (Å²) in [5, 5.41) is 11.8. The van der Waals surface area contributed by atoms with Gasteiger partial charge in [0.15, 0.2) is 17.3 Å². The standard InChI is InChI=1S/C20H26O6/c1-20(2)25-7-6-13(26-20)8-12-9-14-18(16(10-12)22-3)15(21)11-17(23-4)19(14)24-5/h9-11,13,21H,6-8H2,1-5H3/t13-/m0/s1. The molecule has 0 spiro atoms. The molecule has 142 valence electrons. The number of ether oxygens (including phenoxy) is 5. The zero-order valence-corrected chi connectivity index (χ0v) is 15.9. The third kappa shape index (κ3) is 3.52. The first kappa shape index (κ1) is 18.6. The molecule has 3 rings (SSSR count). The average molecular weight is 362 g/mol. The second-order valence-corrected chi connectivity index (χ2v) is 6.83. The van der Waals surface area contributed by atoms with E-state index in [1.807, 2.05) is 26.0 Å². The predicted octanol–water partition coefficient (Wildman–Crippen LogP) is 3.66. The van der Waals surface area contributed by atoms with Gasteiger partial charge in [-0.2, -0.15) is 0 Å². The molecule has 26 heavy (non-hydrogen) atoms. The molecular weight excluding hydrogens is 336 g/mol. The van der Waals surface area contributed by atoms with Gasteiger partial charge in [-0.25, -0.2) is 0 Å². The monoisotopic (exact) mass is 362 g/mol. The lowest BCUT2D eigenvalue weighted by Gasteiger charge is -2.36. The number of rotatable bonds is 5. The number of phenols is 1. The summed E-state index contributed by atoms with van der Waals surface area (Å²) in [6.45, 7) is 4.51. The molecule has 0 bridgehead atoms. The molecule has 6 heteroatoms. The zero-order chi connectivity index (χ0) is 18.9. The number of hydrogen-bond donors (Lipinski definition) is 1. The molecule has 1 N–H and O–H groups in total. The Balaban J connectivity index is 2.07. The summed E-state index contributed by atoms with van der Waals surface area (Å²) >= 11 is 0. The van der Waals surface area contributed by atoms with Gasteiger partial charge in [0, 0.05) is 11.5 Å². The molecule has 0 unspecified atom stereocenters. The Bertz CT molecular complexity index is 799. The summed E-state index contributed by atoms with van der Waals surface area (Å²) in [6, 6.07) is 5.46. The summed E-state index contributed by atoms with van der Waals surface area (Å²) in [5.41, 5.74) is 1.03. The van der Waals surface area contributed by atoms with E-state index in [9.17, 15) is 5.11 Å². The summed E-state index contributed by atoms with van der Waals surface area (Å²) in [4.78, 5) is 0. The van der Waals surface area contributed by atoms with Crippen LogP contribution in [0.2, 0.25) is 0 Å². The van der Waals surface area contributed by atoms with Gasteiger partial charge in [-0.1, -0.05) is 0 Å². The largest absolute Gasteiger partial charge is 0.507 e. The van der Waals surface area contributed by atoms with Crippen LogP contribution in [0.5, 0.6) is 23.0 Å². The smallest absolute Gasteiger partial charge is 0.168 e. The fourth-order valence-corrected chi connectivity index (χ4v) is 3.49. The van der Waals surface area contributed by atoms with Gasteiger partial charge in [-0.3, -0.25) is 0 Å². The second kappa shape index (κ2) is 7.21. The van der Waals surface area contributed by atoms with E-state index in [-0.39, 0.29) is 11.9 Å². The summed E-state index contributed by atoms with van der Waals surface area (Å²) in [5.74, 6) is 1.13. The molecule has 0 aliphatic carbocycles. The fourth-order valence-electron chi connectivity index (χ4n) is 3.49. The van der Waals surface area contributed by atoms with Crippen molar-refractivity contribution in [3.8, 4) is 23.0 Å². The highest BCUT2D eigenvalue weighted by Crippen LogP contribution is 2.45. The van der Waals surface area contributed by atoms with Crippen LogP contribution in [0.3, 0.4) is 0 Å². The highest BCUT2D eigenvalue weighted by molar-refractivity contribution is 6.00. The van der Waals surface area contributed by atoms with Crippen molar-refractivity contribution in [2.45, 2.75) is 38.6 Å². The normalized spacial score (nSPS) is 19.3. The Kier molecular flexibility index (Phi) is 5.16. The minimum Gasteiger partial charge on any atom is -0.507 e. The molecule has 1 aliphatic heterocycles. The molecule has 2 aromatic carbocycles. The van der Waals surface area contributed by atoms with Crippen molar-refractivity contribution in [2.24, 2.45) is 0 Å². The van der Waals surface area contributed by atoms with Gasteiger partial charge in [-0.05, 0) is 44.4 Å². The van der Waals surface area contributed by atoms with Gasteiger partial charge in [0.25, 0.3) is 0 Å². The molecule has 2 aromatic rings. The van der Waals surface area contributed by atoms with E-state index in [0.29, 0.717) is 35.7 Å². The average Bonchev–Trinajstić information content (AvgIpc) is 2.59. The van der Waals surface area contributed by atoms with E-state index in [2.05, 4.69) is 0 Å². The first-order chi connectivity index (χ1) is 12.4. The Morgan fingerprint density at radius 3 is 2.42 bits per heavy atom. The van der Waals surface area contributed by atoms with E-state index in [1.54, 1.807) is 21.3 Å². The van der Waals surface area contributed by atoms with E-state index in [1.165, 1.54) is 6.07 Å². The number of fused-ring (bicyclic) bond motifs is 1. The van der Waals surface area contributed by atoms with Crippen LogP contribution in [0.4, 0.5) is 0 Å². The Morgan fingerprint density at radius 2 is 1.81 bits per heavy atom. The van der Waals surface area contributed by atoms with Crippen LogP contribution in [-0.4, -0.2) is 44.9 Å². The van der Waals surface area contributed by atoms with Gasteiger partial charge in [0.2, 0.25) is 0 Å². The lowest BCUT2D eigenvalue weighted by atomic mass is 9.98. The number of methoxy groups -OCH3 is 3. The predicted molar refractivity (Wildman–Crippen MR) is 98.5 cm³/mol. The molecule has 1 aliphatic rings. The third-order valence-electron chi connectivity index (χ3n) is 4.60. The Labute approximate surface area is 153 Å². The molecule has 1 atom stereocenters. The van der Waals surface area contributed by atoms with Gasteiger partial charge in [0.05, 0.1) is 39.4 Å². The summed E-state index contributed by atoms with van der Waals surface area (Å²) in [7, 11) is 4.71.